The molecule has 6 heteroatoms. The van der Waals surface area contributed by atoms with E-state index in [1.54, 1.807) is 13.0 Å². The van der Waals surface area contributed by atoms with Gasteiger partial charge in [-0.15, -0.1) is 0 Å². The maximum absolute atomic E-state index is 14.0. The molecule has 0 amide bonds. The SMILES string of the molecule is Cc1cc(-c2cc(-n3c4ccccc4c4ccccc43)c(C#N)c(-n3c4ccccc4c4ccccc43)c2)cc(C(F)(F)F)c1. The van der Waals surface area contributed by atoms with Crippen molar-refractivity contribution in [3.8, 4) is 28.6 Å². The highest BCUT2D eigenvalue weighted by Crippen LogP contribution is 2.41. The third-order valence-corrected chi connectivity index (χ3v) is 8.59. The number of hydrogen-bond acceptors (Lipinski definition) is 1. The Morgan fingerprint density at radius 2 is 0.911 bits per heavy atom. The number of hydrogen-bond donors (Lipinski definition) is 0. The first-order chi connectivity index (χ1) is 21.8. The number of fused-ring (bicyclic) bond motifs is 6. The van der Waals surface area contributed by atoms with Crippen LogP contribution in [0.5, 0.6) is 0 Å². The van der Waals surface area contributed by atoms with Crippen molar-refractivity contribution in [2.45, 2.75) is 13.1 Å². The van der Waals surface area contributed by atoms with E-state index < -0.39 is 11.7 Å². The number of rotatable bonds is 3. The first-order valence-corrected chi connectivity index (χ1v) is 14.6. The van der Waals surface area contributed by atoms with Crippen molar-refractivity contribution in [1.29, 1.82) is 5.26 Å². The molecule has 6 aromatic carbocycles. The third kappa shape index (κ3) is 4.12. The molecule has 0 fully saturated rings. The number of aromatic nitrogens is 2. The molecular weight excluding hydrogens is 567 g/mol. The topological polar surface area (TPSA) is 33.6 Å². The van der Waals surface area contributed by atoms with Gasteiger partial charge in [-0.25, -0.2) is 0 Å². The summed E-state index contributed by atoms with van der Waals surface area (Å²) in [4.78, 5) is 0. The molecule has 0 spiro atoms. The van der Waals surface area contributed by atoms with E-state index in [4.69, 9.17) is 0 Å². The molecule has 0 atom stereocenters. The predicted octanol–water partition coefficient (Wildman–Crippen LogP) is 10.7. The number of benzene rings is 6. The van der Waals surface area contributed by atoms with Gasteiger partial charge in [-0.1, -0.05) is 78.9 Å². The van der Waals surface area contributed by atoms with Crippen LogP contribution in [0.2, 0.25) is 0 Å². The number of aryl methyl sites for hydroxylation is 1. The van der Waals surface area contributed by atoms with Gasteiger partial charge in [0.2, 0.25) is 0 Å². The fraction of sp³-hybridized carbons (Fsp3) is 0.0513. The molecule has 0 bridgehead atoms. The Kier molecular flexibility index (Phi) is 5.88. The van der Waals surface area contributed by atoms with Crippen molar-refractivity contribution in [1.82, 2.24) is 9.13 Å². The summed E-state index contributed by atoms with van der Waals surface area (Å²) >= 11 is 0. The molecule has 0 unspecified atom stereocenters. The molecular formula is C39H24F3N3. The monoisotopic (exact) mass is 591 g/mol. The van der Waals surface area contributed by atoms with E-state index >= 15 is 0 Å². The van der Waals surface area contributed by atoms with Crippen molar-refractivity contribution >= 4 is 43.6 Å². The van der Waals surface area contributed by atoms with Crippen LogP contribution in [0, 0.1) is 18.3 Å². The Bertz CT molecular complexity index is 2270. The second kappa shape index (κ2) is 9.87. The van der Waals surface area contributed by atoms with Crippen LogP contribution in [0.25, 0.3) is 66.1 Å². The van der Waals surface area contributed by atoms with Gasteiger partial charge in [0.15, 0.2) is 0 Å². The summed E-state index contributed by atoms with van der Waals surface area (Å²) in [6.45, 7) is 1.67. The molecule has 0 saturated heterocycles. The fourth-order valence-electron chi connectivity index (χ4n) is 6.72. The van der Waals surface area contributed by atoms with Gasteiger partial charge < -0.3 is 9.13 Å². The molecule has 0 saturated carbocycles. The van der Waals surface area contributed by atoms with Crippen molar-refractivity contribution in [2.24, 2.45) is 0 Å². The van der Waals surface area contributed by atoms with E-state index in [2.05, 4.69) is 15.2 Å². The molecule has 3 nitrogen and oxygen atoms in total. The lowest BCUT2D eigenvalue weighted by Gasteiger charge is -2.19. The Balaban J connectivity index is 1.56. The smallest absolute Gasteiger partial charge is 0.308 e. The van der Waals surface area contributed by atoms with Gasteiger partial charge >= 0.3 is 6.18 Å². The molecule has 0 aliphatic rings. The molecule has 0 N–H and O–H groups in total. The summed E-state index contributed by atoms with van der Waals surface area (Å²) in [5.41, 5.74) is 6.02. The van der Waals surface area contributed by atoms with Gasteiger partial charge in [-0.2, -0.15) is 18.4 Å². The van der Waals surface area contributed by atoms with Gasteiger partial charge in [0.1, 0.15) is 11.6 Å². The number of nitrogens with zero attached hydrogens (tertiary/aromatic N) is 3. The summed E-state index contributed by atoms with van der Waals surface area (Å²) in [7, 11) is 0. The van der Waals surface area contributed by atoms with E-state index in [1.165, 1.54) is 6.07 Å². The normalized spacial score (nSPS) is 12.0. The number of nitriles is 1. The Hall–Kier alpha value is -5.80. The quantitative estimate of drug-likeness (QED) is 0.201. The van der Waals surface area contributed by atoms with Crippen LogP contribution in [0.15, 0.2) is 127 Å². The van der Waals surface area contributed by atoms with Gasteiger partial charge in [0, 0.05) is 21.5 Å². The van der Waals surface area contributed by atoms with Crippen molar-refractivity contribution in [2.75, 3.05) is 0 Å². The zero-order valence-corrected chi connectivity index (χ0v) is 24.1. The van der Waals surface area contributed by atoms with Crippen LogP contribution in [0.4, 0.5) is 13.2 Å². The molecule has 0 aliphatic heterocycles. The van der Waals surface area contributed by atoms with Crippen molar-refractivity contribution in [3.05, 3.63) is 144 Å². The maximum Gasteiger partial charge on any atom is 0.416 e. The molecule has 8 rings (SSSR count). The van der Waals surface area contributed by atoms with E-state index in [-0.39, 0.29) is 0 Å². The minimum absolute atomic E-state index is 0.417. The summed E-state index contributed by atoms with van der Waals surface area (Å²) in [5, 5.41) is 15.0. The van der Waals surface area contributed by atoms with Crippen LogP contribution in [0.3, 0.4) is 0 Å². The summed E-state index contributed by atoms with van der Waals surface area (Å²) in [5.74, 6) is 0. The fourth-order valence-corrected chi connectivity index (χ4v) is 6.72. The van der Waals surface area contributed by atoms with Gasteiger partial charge in [-0.05, 0) is 72.1 Å². The highest BCUT2D eigenvalue weighted by Gasteiger charge is 2.31. The highest BCUT2D eigenvalue weighted by atomic mass is 19.4. The van der Waals surface area contributed by atoms with Crippen molar-refractivity contribution < 1.29 is 13.2 Å². The highest BCUT2D eigenvalue weighted by molar-refractivity contribution is 6.11. The summed E-state index contributed by atoms with van der Waals surface area (Å²) < 4.78 is 46.2. The third-order valence-electron chi connectivity index (χ3n) is 8.59. The maximum atomic E-state index is 14.0. The van der Waals surface area contributed by atoms with Crippen LogP contribution in [0.1, 0.15) is 16.7 Å². The van der Waals surface area contributed by atoms with E-state index in [1.807, 2.05) is 109 Å². The Morgan fingerprint density at radius 1 is 0.533 bits per heavy atom. The van der Waals surface area contributed by atoms with Gasteiger partial charge in [0.05, 0.1) is 39.0 Å². The lowest BCUT2D eigenvalue weighted by molar-refractivity contribution is -0.137. The molecule has 0 radical (unpaired) electrons. The number of para-hydroxylation sites is 4. The van der Waals surface area contributed by atoms with Crippen molar-refractivity contribution in [3.63, 3.8) is 0 Å². The van der Waals surface area contributed by atoms with Gasteiger partial charge in [-0.3, -0.25) is 0 Å². The summed E-state index contributed by atoms with van der Waals surface area (Å²) in [6, 6.07) is 42.3. The molecule has 45 heavy (non-hydrogen) atoms. The molecule has 2 aromatic heterocycles. The minimum atomic E-state index is -4.50. The lowest BCUT2D eigenvalue weighted by Crippen LogP contribution is -2.07. The molecule has 2 heterocycles. The zero-order valence-electron chi connectivity index (χ0n) is 24.1. The first-order valence-electron chi connectivity index (χ1n) is 14.6. The average Bonchev–Trinajstić information content (AvgIpc) is 3.56. The number of halogens is 3. The first kappa shape index (κ1) is 26.8. The predicted molar refractivity (Wildman–Crippen MR) is 175 cm³/mol. The Labute approximate surface area is 256 Å². The second-order valence-electron chi connectivity index (χ2n) is 11.3. The standard InChI is InChI=1S/C39H24F3N3/c1-24-18-25(20-27(19-24)39(40,41)42)26-21-37(44-33-14-6-2-10-28(33)29-11-3-7-15-34(29)44)32(23-43)38(22-26)45-35-16-8-4-12-30(35)31-13-5-9-17-36(31)45/h2-22H,1H3. The summed E-state index contributed by atoms with van der Waals surface area (Å²) in [6.07, 6.45) is -4.50. The average molecular weight is 592 g/mol. The molecule has 216 valence electrons. The minimum Gasteiger partial charge on any atom is -0.308 e. The Morgan fingerprint density at radius 3 is 1.29 bits per heavy atom. The number of alkyl halides is 3. The van der Waals surface area contributed by atoms with E-state index in [0.717, 1.165) is 49.7 Å². The van der Waals surface area contributed by atoms with Crippen LogP contribution in [-0.2, 0) is 6.18 Å². The van der Waals surface area contributed by atoms with Crippen LogP contribution in [-0.4, -0.2) is 9.13 Å². The van der Waals surface area contributed by atoms with Gasteiger partial charge in [0.25, 0.3) is 0 Å². The van der Waals surface area contributed by atoms with Crippen LogP contribution < -0.4 is 0 Å². The van der Waals surface area contributed by atoms with Crippen LogP contribution >= 0.6 is 0 Å². The van der Waals surface area contributed by atoms with E-state index in [9.17, 15) is 18.4 Å². The molecule has 8 aromatic rings. The zero-order chi connectivity index (χ0) is 30.9. The largest absolute Gasteiger partial charge is 0.416 e. The second-order valence-corrected chi connectivity index (χ2v) is 11.3. The van der Waals surface area contributed by atoms with E-state index in [0.29, 0.717) is 33.6 Å². The lowest BCUT2D eigenvalue weighted by atomic mass is 9.96. The molecule has 0 aliphatic carbocycles.